The van der Waals surface area contributed by atoms with Gasteiger partial charge in [0.15, 0.2) is 6.54 Å². The van der Waals surface area contributed by atoms with Crippen LogP contribution in [0.15, 0.2) is 42.5 Å². The fourth-order valence-electron chi connectivity index (χ4n) is 3.16. The molecule has 1 aromatic heterocycles. The number of amides is 1. The second-order valence-corrected chi connectivity index (χ2v) is 6.37. The molecule has 0 saturated carbocycles. The maximum atomic E-state index is 12.1. The van der Waals surface area contributed by atoms with E-state index in [9.17, 15) is 4.79 Å². The lowest BCUT2D eigenvalue weighted by molar-refractivity contribution is -0.675. The molecule has 1 amide bonds. The number of hydrogen-bond acceptors (Lipinski definition) is 1. The Morgan fingerprint density at radius 3 is 2.62 bits per heavy atom. The molecule has 0 saturated heterocycles. The lowest BCUT2D eigenvalue weighted by atomic mass is 10.1. The summed E-state index contributed by atoms with van der Waals surface area (Å²) in [5, 5.41) is 7.53. The second kappa shape index (κ2) is 7.05. The van der Waals surface area contributed by atoms with E-state index in [2.05, 4.69) is 72.4 Å². The largest absolute Gasteiger partial charge is 0.341 e. The van der Waals surface area contributed by atoms with Crippen molar-refractivity contribution in [2.24, 2.45) is 0 Å². The highest BCUT2D eigenvalue weighted by Gasteiger charge is 2.12. The summed E-state index contributed by atoms with van der Waals surface area (Å²) in [6, 6.07) is 15.1. The summed E-state index contributed by atoms with van der Waals surface area (Å²) in [6.45, 7) is 7.82. The number of nitrogens with one attached hydrogen (secondary N) is 1. The van der Waals surface area contributed by atoms with Crippen molar-refractivity contribution >= 4 is 33.4 Å². The van der Waals surface area contributed by atoms with Gasteiger partial charge in [0.1, 0.15) is 0 Å². The number of anilines is 1. The molecule has 1 atom stereocenters. The number of aromatic nitrogens is 1. The van der Waals surface area contributed by atoms with Crippen LogP contribution in [0.2, 0.25) is 0 Å². The molecule has 0 aliphatic heterocycles. The first-order chi connectivity index (χ1) is 11.6. The number of rotatable bonds is 6. The van der Waals surface area contributed by atoms with E-state index in [1.165, 1.54) is 21.8 Å². The monoisotopic (exact) mass is 324 g/mol. The van der Waals surface area contributed by atoms with Crippen molar-refractivity contribution < 1.29 is 10.1 Å². The van der Waals surface area contributed by atoms with Crippen molar-refractivity contribution in [3.8, 4) is 0 Å². The van der Waals surface area contributed by atoms with Crippen LogP contribution in [0, 0.1) is 0 Å². The molecule has 24 heavy (non-hydrogen) atoms. The van der Waals surface area contributed by atoms with E-state index in [0.717, 1.165) is 18.7 Å². The van der Waals surface area contributed by atoms with Gasteiger partial charge < -0.3 is 15.2 Å². The van der Waals surface area contributed by atoms with Crippen LogP contribution in [0.1, 0.15) is 27.2 Å². The molecule has 4 nitrogen and oxygen atoms in total. The van der Waals surface area contributed by atoms with E-state index < -0.39 is 0 Å². The normalized spacial score (nSPS) is 12.6. The number of nitrogens with two attached hydrogens (primary N) is 1. The summed E-state index contributed by atoms with van der Waals surface area (Å²) in [7, 11) is 0. The zero-order valence-corrected chi connectivity index (χ0v) is 14.7. The number of fused-ring (bicyclic) bond motifs is 3. The van der Waals surface area contributed by atoms with Crippen LogP contribution in [0.5, 0.6) is 0 Å². The van der Waals surface area contributed by atoms with Crippen LogP contribution in [-0.4, -0.2) is 23.1 Å². The molecule has 1 heterocycles. The summed E-state index contributed by atoms with van der Waals surface area (Å²) in [6.07, 6.45) is 1.07. The minimum absolute atomic E-state index is 0.0499. The second-order valence-electron chi connectivity index (χ2n) is 6.37. The lowest BCUT2D eigenvalue weighted by Gasteiger charge is -2.09. The predicted molar refractivity (Wildman–Crippen MR) is 100 cm³/mol. The molecule has 126 valence electrons. The molecule has 0 spiro atoms. The molecule has 0 aliphatic rings. The molecule has 4 heteroatoms. The average Bonchev–Trinajstić information content (AvgIpc) is 2.92. The highest BCUT2D eigenvalue weighted by atomic mass is 16.1. The van der Waals surface area contributed by atoms with Crippen molar-refractivity contribution in [2.75, 3.05) is 11.9 Å². The topological polar surface area (TPSA) is 50.6 Å². The van der Waals surface area contributed by atoms with Gasteiger partial charge in [-0.15, -0.1) is 0 Å². The standard InChI is InChI=1S/C20H25N3O/c1-4-14(3)21-13-20(24)22-15-10-11-19-17(12-15)16-8-6-7-9-18(16)23(19)5-2/h6-12,14,21H,4-5,13H2,1-3H3,(H,22,24)/p+1/t14-/m0/s1. The predicted octanol–water partition coefficient (Wildman–Crippen LogP) is 3.11. The van der Waals surface area contributed by atoms with E-state index in [0.29, 0.717) is 12.6 Å². The Balaban J connectivity index is 1.89. The molecule has 2 aromatic carbocycles. The molecular formula is C20H26N3O+. The number of quaternary nitrogens is 1. The number of para-hydroxylation sites is 1. The Labute approximate surface area is 142 Å². The number of hydrogen-bond donors (Lipinski definition) is 2. The van der Waals surface area contributed by atoms with Crippen molar-refractivity contribution in [1.29, 1.82) is 0 Å². The third-order valence-electron chi connectivity index (χ3n) is 4.72. The summed E-state index contributed by atoms with van der Waals surface area (Å²) >= 11 is 0. The van der Waals surface area contributed by atoms with E-state index in [1.807, 2.05) is 6.07 Å². The Kier molecular flexibility index (Phi) is 4.86. The van der Waals surface area contributed by atoms with Crippen LogP contribution in [0.3, 0.4) is 0 Å². The van der Waals surface area contributed by atoms with Gasteiger partial charge in [-0.2, -0.15) is 0 Å². The van der Waals surface area contributed by atoms with E-state index >= 15 is 0 Å². The maximum Gasteiger partial charge on any atom is 0.279 e. The number of aryl methyl sites for hydroxylation is 1. The minimum atomic E-state index is 0.0499. The van der Waals surface area contributed by atoms with E-state index in [-0.39, 0.29) is 5.91 Å². The average molecular weight is 324 g/mol. The van der Waals surface area contributed by atoms with E-state index in [4.69, 9.17) is 0 Å². The van der Waals surface area contributed by atoms with Gasteiger partial charge in [0.25, 0.3) is 5.91 Å². The molecule has 0 fully saturated rings. The van der Waals surface area contributed by atoms with Crippen LogP contribution < -0.4 is 10.6 Å². The quantitative estimate of drug-likeness (QED) is 0.719. The number of nitrogens with zero attached hydrogens (tertiary/aromatic N) is 1. The Morgan fingerprint density at radius 1 is 1.12 bits per heavy atom. The smallest absolute Gasteiger partial charge is 0.279 e. The summed E-state index contributed by atoms with van der Waals surface area (Å²) in [5.74, 6) is 0.0499. The summed E-state index contributed by atoms with van der Waals surface area (Å²) < 4.78 is 2.31. The first-order valence-corrected chi connectivity index (χ1v) is 8.78. The lowest BCUT2D eigenvalue weighted by Crippen LogP contribution is -2.90. The van der Waals surface area contributed by atoms with Gasteiger partial charge in [-0.3, -0.25) is 4.79 Å². The highest BCUT2D eigenvalue weighted by Crippen LogP contribution is 2.30. The fourth-order valence-corrected chi connectivity index (χ4v) is 3.16. The maximum absolute atomic E-state index is 12.1. The molecule has 3 aromatic rings. The molecule has 0 radical (unpaired) electrons. The highest BCUT2D eigenvalue weighted by molar-refractivity contribution is 6.09. The number of carbonyl (C=O) groups excluding carboxylic acids is 1. The molecular weight excluding hydrogens is 298 g/mol. The van der Waals surface area contributed by atoms with Gasteiger partial charge in [0, 0.05) is 34.0 Å². The number of carbonyl (C=O) groups is 1. The van der Waals surface area contributed by atoms with Crippen LogP contribution in [0.4, 0.5) is 5.69 Å². The number of benzene rings is 2. The SMILES string of the molecule is CC[C@H](C)[NH2+]CC(=O)Nc1ccc2c(c1)c1ccccc1n2CC. The first-order valence-electron chi connectivity index (χ1n) is 8.78. The van der Waals surface area contributed by atoms with Crippen LogP contribution >= 0.6 is 0 Å². The molecule has 0 aliphatic carbocycles. The van der Waals surface area contributed by atoms with Crippen LogP contribution in [-0.2, 0) is 11.3 Å². The van der Waals surface area contributed by atoms with Gasteiger partial charge in [0.05, 0.1) is 6.04 Å². The zero-order chi connectivity index (χ0) is 17.1. The summed E-state index contributed by atoms with van der Waals surface area (Å²) in [4.78, 5) is 12.1. The molecule has 0 unspecified atom stereocenters. The minimum Gasteiger partial charge on any atom is -0.341 e. The molecule has 0 bridgehead atoms. The Hall–Kier alpha value is -2.33. The third-order valence-corrected chi connectivity index (χ3v) is 4.72. The van der Waals surface area contributed by atoms with Crippen molar-refractivity contribution in [3.05, 3.63) is 42.5 Å². The van der Waals surface area contributed by atoms with Gasteiger partial charge in [-0.25, -0.2) is 0 Å². The van der Waals surface area contributed by atoms with E-state index in [1.54, 1.807) is 0 Å². The van der Waals surface area contributed by atoms with Gasteiger partial charge in [-0.1, -0.05) is 25.1 Å². The first kappa shape index (κ1) is 16.5. The molecule has 3 N–H and O–H groups in total. The van der Waals surface area contributed by atoms with Crippen molar-refractivity contribution in [3.63, 3.8) is 0 Å². The van der Waals surface area contributed by atoms with Gasteiger partial charge in [0.2, 0.25) is 0 Å². The van der Waals surface area contributed by atoms with Gasteiger partial charge >= 0.3 is 0 Å². The Morgan fingerprint density at radius 2 is 1.88 bits per heavy atom. The summed E-state index contributed by atoms with van der Waals surface area (Å²) in [5.41, 5.74) is 3.32. The Bertz CT molecular complexity index is 866. The van der Waals surface area contributed by atoms with Crippen molar-refractivity contribution in [2.45, 2.75) is 39.8 Å². The third kappa shape index (κ3) is 3.15. The molecule has 3 rings (SSSR count). The van der Waals surface area contributed by atoms with Crippen molar-refractivity contribution in [1.82, 2.24) is 4.57 Å². The fraction of sp³-hybridized carbons (Fsp3) is 0.350. The van der Waals surface area contributed by atoms with Crippen LogP contribution in [0.25, 0.3) is 21.8 Å². The zero-order valence-electron chi connectivity index (χ0n) is 14.7. The van der Waals surface area contributed by atoms with Gasteiger partial charge in [-0.05, 0) is 44.5 Å².